The molecule has 1 aromatic heterocycles. The molecule has 0 aromatic carbocycles. The van der Waals surface area contributed by atoms with E-state index in [9.17, 15) is 9.59 Å². The van der Waals surface area contributed by atoms with E-state index in [1.54, 1.807) is 20.1 Å². The highest BCUT2D eigenvalue weighted by atomic mass is 32.2. The SMILES string of the molecule is CSc1nc(=O)[nH]c(C)c1C(=O)NC[C@@H](C)O. The predicted molar refractivity (Wildman–Crippen MR) is 65.4 cm³/mol. The van der Waals surface area contributed by atoms with Crippen LogP contribution in [0.1, 0.15) is 23.0 Å². The number of hydrogen-bond donors (Lipinski definition) is 3. The van der Waals surface area contributed by atoms with E-state index >= 15 is 0 Å². The van der Waals surface area contributed by atoms with Crippen LogP contribution in [-0.4, -0.2) is 39.9 Å². The number of amides is 1. The molecule has 1 amide bonds. The number of carbonyl (C=O) groups is 1. The lowest BCUT2D eigenvalue weighted by Crippen LogP contribution is -2.32. The van der Waals surface area contributed by atoms with E-state index in [0.717, 1.165) is 0 Å². The van der Waals surface area contributed by atoms with Gasteiger partial charge in [-0.1, -0.05) is 0 Å². The van der Waals surface area contributed by atoms with Crippen molar-refractivity contribution in [2.45, 2.75) is 25.0 Å². The maximum absolute atomic E-state index is 11.9. The molecule has 1 rings (SSSR count). The molecule has 6 nitrogen and oxygen atoms in total. The second-order valence-electron chi connectivity index (χ2n) is 3.61. The third kappa shape index (κ3) is 3.57. The summed E-state index contributed by atoms with van der Waals surface area (Å²) in [7, 11) is 0. The highest BCUT2D eigenvalue weighted by molar-refractivity contribution is 7.98. The highest BCUT2D eigenvalue weighted by Crippen LogP contribution is 2.17. The van der Waals surface area contributed by atoms with Crippen molar-refractivity contribution in [2.75, 3.05) is 12.8 Å². The Balaban J connectivity index is 3.04. The zero-order chi connectivity index (χ0) is 13.0. The van der Waals surface area contributed by atoms with E-state index in [-0.39, 0.29) is 12.5 Å². The molecule has 0 fully saturated rings. The van der Waals surface area contributed by atoms with Gasteiger partial charge in [0.15, 0.2) is 0 Å². The molecule has 94 valence electrons. The summed E-state index contributed by atoms with van der Waals surface area (Å²) in [6, 6.07) is 0. The van der Waals surface area contributed by atoms with Crippen LogP contribution in [0.25, 0.3) is 0 Å². The Labute approximate surface area is 103 Å². The lowest BCUT2D eigenvalue weighted by molar-refractivity contribution is 0.0919. The number of nitrogens with one attached hydrogen (secondary N) is 2. The Morgan fingerprint density at radius 3 is 2.82 bits per heavy atom. The lowest BCUT2D eigenvalue weighted by atomic mass is 10.2. The molecule has 0 unspecified atom stereocenters. The maximum atomic E-state index is 11.9. The molecule has 0 aliphatic rings. The second-order valence-corrected chi connectivity index (χ2v) is 4.41. The lowest BCUT2D eigenvalue weighted by Gasteiger charge is -2.11. The zero-order valence-corrected chi connectivity index (χ0v) is 10.7. The number of H-pyrrole nitrogens is 1. The number of aromatic amines is 1. The van der Waals surface area contributed by atoms with Gasteiger partial charge in [0.1, 0.15) is 5.03 Å². The van der Waals surface area contributed by atoms with Crippen molar-refractivity contribution in [1.29, 1.82) is 0 Å². The number of carbonyl (C=O) groups excluding carboxylic acids is 1. The number of hydrogen-bond acceptors (Lipinski definition) is 5. The van der Waals surface area contributed by atoms with Gasteiger partial charge >= 0.3 is 5.69 Å². The molecule has 1 aromatic rings. The number of nitrogens with zero attached hydrogens (tertiary/aromatic N) is 1. The van der Waals surface area contributed by atoms with Crippen molar-refractivity contribution in [1.82, 2.24) is 15.3 Å². The molecule has 0 aliphatic heterocycles. The fraction of sp³-hybridized carbons (Fsp3) is 0.500. The molecule has 0 aliphatic carbocycles. The summed E-state index contributed by atoms with van der Waals surface area (Å²) < 4.78 is 0. The Morgan fingerprint density at radius 2 is 2.29 bits per heavy atom. The van der Waals surface area contributed by atoms with Crippen molar-refractivity contribution in [3.05, 3.63) is 21.7 Å². The maximum Gasteiger partial charge on any atom is 0.346 e. The Hall–Kier alpha value is -1.34. The van der Waals surface area contributed by atoms with Crippen LogP contribution in [0, 0.1) is 6.92 Å². The van der Waals surface area contributed by atoms with Crippen LogP contribution >= 0.6 is 11.8 Å². The predicted octanol–water partition coefficient (Wildman–Crippen LogP) is -0.0892. The normalized spacial score (nSPS) is 12.2. The van der Waals surface area contributed by atoms with Crippen molar-refractivity contribution < 1.29 is 9.90 Å². The number of aryl methyl sites for hydroxylation is 1. The van der Waals surface area contributed by atoms with Crippen LogP contribution in [0.5, 0.6) is 0 Å². The van der Waals surface area contributed by atoms with Gasteiger partial charge in [-0.2, -0.15) is 4.98 Å². The topological polar surface area (TPSA) is 95.1 Å². The molecule has 0 saturated heterocycles. The average molecular weight is 257 g/mol. The van der Waals surface area contributed by atoms with E-state index in [4.69, 9.17) is 5.11 Å². The summed E-state index contributed by atoms with van der Waals surface area (Å²) in [4.78, 5) is 29.2. The third-order valence-electron chi connectivity index (χ3n) is 2.06. The summed E-state index contributed by atoms with van der Waals surface area (Å²) in [5.74, 6) is -0.350. The smallest absolute Gasteiger partial charge is 0.346 e. The van der Waals surface area contributed by atoms with Crippen molar-refractivity contribution >= 4 is 17.7 Å². The average Bonchev–Trinajstić information content (AvgIpc) is 2.24. The molecule has 7 heteroatoms. The van der Waals surface area contributed by atoms with E-state index in [0.29, 0.717) is 16.3 Å². The summed E-state index contributed by atoms with van der Waals surface area (Å²) in [5.41, 5.74) is 0.342. The van der Waals surface area contributed by atoms with Gasteiger partial charge in [-0.05, 0) is 20.1 Å². The van der Waals surface area contributed by atoms with E-state index < -0.39 is 11.8 Å². The number of aliphatic hydroxyl groups is 1. The van der Waals surface area contributed by atoms with Gasteiger partial charge in [-0.3, -0.25) is 4.79 Å². The van der Waals surface area contributed by atoms with E-state index in [1.807, 2.05) is 0 Å². The molecule has 0 radical (unpaired) electrons. The number of aliphatic hydroxyl groups excluding tert-OH is 1. The van der Waals surface area contributed by atoms with E-state index in [2.05, 4.69) is 15.3 Å². The van der Waals surface area contributed by atoms with Crippen LogP contribution in [0.2, 0.25) is 0 Å². The molecule has 1 atom stereocenters. The van der Waals surface area contributed by atoms with Crippen LogP contribution in [0.15, 0.2) is 9.82 Å². The molecular formula is C10H15N3O3S. The Bertz CT molecular complexity index is 470. The summed E-state index contributed by atoms with van der Waals surface area (Å²) in [6.07, 6.45) is 1.12. The molecule has 1 heterocycles. The van der Waals surface area contributed by atoms with Crippen LogP contribution in [0.3, 0.4) is 0 Å². The van der Waals surface area contributed by atoms with Crippen molar-refractivity contribution in [2.24, 2.45) is 0 Å². The van der Waals surface area contributed by atoms with Crippen LogP contribution in [0.4, 0.5) is 0 Å². The Kier molecular flexibility index (Phi) is 4.71. The standard InChI is InChI=1S/C10H15N3O3S/c1-5(14)4-11-8(15)7-6(2)12-10(16)13-9(7)17-3/h5,14H,4H2,1-3H3,(H,11,15)(H,12,13,16)/t5-/m1/s1. The number of rotatable bonds is 4. The fourth-order valence-electron chi connectivity index (χ4n) is 1.30. The second kappa shape index (κ2) is 5.83. The number of aromatic nitrogens is 2. The minimum Gasteiger partial charge on any atom is -0.392 e. The Morgan fingerprint density at radius 1 is 1.65 bits per heavy atom. The first-order valence-electron chi connectivity index (χ1n) is 5.07. The molecule has 3 N–H and O–H groups in total. The first kappa shape index (κ1) is 13.7. The minimum absolute atomic E-state index is 0.158. The van der Waals surface area contributed by atoms with Crippen molar-refractivity contribution in [3.8, 4) is 0 Å². The fourth-order valence-corrected chi connectivity index (χ4v) is 1.93. The van der Waals surface area contributed by atoms with E-state index in [1.165, 1.54) is 11.8 Å². The van der Waals surface area contributed by atoms with Gasteiger partial charge in [-0.15, -0.1) is 11.8 Å². The summed E-state index contributed by atoms with van der Waals surface area (Å²) >= 11 is 1.23. The monoisotopic (exact) mass is 257 g/mol. The summed E-state index contributed by atoms with van der Waals surface area (Å²) in [5, 5.41) is 12.0. The largest absolute Gasteiger partial charge is 0.392 e. The van der Waals surface area contributed by atoms with Gasteiger partial charge in [0.05, 0.1) is 11.7 Å². The van der Waals surface area contributed by atoms with Gasteiger partial charge in [0.2, 0.25) is 0 Å². The van der Waals surface area contributed by atoms with Crippen LogP contribution in [-0.2, 0) is 0 Å². The zero-order valence-electron chi connectivity index (χ0n) is 9.90. The van der Waals surface area contributed by atoms with Gasteiger partial charge in [0, 0.05) is 12.2 Å². The summed E-state index contributed by atoms with van der Waals surface area (Å²) in [6.45, 7) is 3.37. The molecule has 0 spiro atoms. The molecule has 17 heavy (non-hydrogen) atoms. The van der Waals surface area contributed by atoms with Gasteiger partial charge < -0.3 is 15.4 Å². The minimum atomic E-state index is -0.618. The molecular weight excluding hydrogens is 242 g/mol. The van der Waals surface area contributed by atoms with Crippen molar-refractivity contribution in [3.63, 3.8) is 0 Å². The number of thioether (sulfide) groups is 1. The van der Waals surface area contributed by atoms with Gasteiger partial charge in [-0.25, -0.2) is 4.79 Å². The molecule has 0 bridgehead atoms. The molecule has 0 saturated carbocycles. The first-order chi connectivity index (χ1) is 7.95. The highest BCUT2D eigenvalue weighted by Gasteiger charge is 2.16. The van der Waals surface area contributed by atoms with Crippen LogP contribution < -0.4 is 11.0 Å². The first-order valence-corrected chi connectivity index (χ1v) is 6.29. The third-order valence-corrected chi connectivity index (χ3v) is 2.75. The quantitative estimate of drug-likeness (QED) is 0.517. The van der Waals surface area contributed by atoms with Gasteiger partial charge in [0.25, 0.3) is 5.91 Å².